The first-order valence-corrected chi connectivity index (χ1v) is 9.99. The Hall–Kier alpha value is -3.78. The van der Waals surface area contributed by atoms with Crippen LogP contribution in [0.2, 0.25) is 0 Å². The quantitative estimate of drug-likeness (QED) is 0.189. The van der Waals surface area contributed by atoms with E-state index in [1.54, 1.807) is 66.7 Å². The Kier molecular flexibility index (Phi) is 7.29. The monoisotopic (exact) mass is 479 g/mol. The van der Waals surface area contributed by atoms with E-state index in [2.05, 4.69) is 31.8 Å². The van der Waals surface area contributed by atoms with Crippen molar-refractivity contribution in [2.45, 2.75) is 6.92 Å². The molecule has 0 saturated carbocycles. The molecule has 2 amide bonds. The van der Waals surface area contributed by atoms with Gasteiger partial charge in [-0.2, -0.15) is 5.10 Å². The molecule has 156 valence electrons. The third kappa shape index (κ3) is 6.61. The van der Waals surface area contributed by atoms with Gasteiger partial charge in [-0.15, -0.1) is 0 Å². The highest BCUT2D eigenvalue weighted by Crippen LogP contribution is 2.15. The van der Waals surface area contributed by atoms with E-state index in [9.17, 15) is 14.4 Å². The lowest BCUT2D eigenvalue weighted by molar-refractivity contribution is -0.136. The van der Waals surface area contributed by atoms with Crippen molar-refractivity contribution < 1.29 is 19.1 Å². The zero-order chi connectivity index (χ0) is 22.2. The van der Waals surface area contributed by atoms with Crippen molar-refractivity contribution in [1.29, 1.82) is 0 Å². The predicted molar refractivity (Wildman–Crippen MR) is 121 cm³/mol. The van der Waals surface area contributed by atoms with Crippen LogP contribution in [0.3, 0.4) is 0 Å². The molecule has 0 radical (unpaired) electrons. The smallest absolute Gasteiger partial charge is 0.343 e. The molecule has 0 heterocycles. The molecule has 0 bridgehead atoms. The normalized spacial score (nSPS) is 10.5. The summed E-state index contributed by atoms with van der Waals surface area (Å²) in [6, 6.07) is 20.5. The standard InChI is InChI=1S/C23H18BrN3O4/c1-15-3-2-4-17(13-15)23(30)31-20-11-5-16(6-12-20)14-25-27-22(29)21(28)26-19-9-7-18(24)8-10-19/h2-14H,1H3,(H,26,28)(H,27,29)/b25-14-. The number of carbonyl (C=O) groups is 3. The summed E-state index contributed by atoms with van der Waals surface area (Å²) in [5, 5.41) is 6.23. The van der Waals surface area contributed by atoms with Crippen LogP contribution in [0, 0.1) is 6.92 Å². The van der Waals surface area contributed by atoms with Crippen molar-refractivity contribution >= 4 is 45.6 Å². The summed E-state index contributed by atoms with van der Waals surface area (Å²) in [5.41, 5.74) is 4.73. The van der Waals surface area contributed by atoms with Gasteiger partial charge in [0.15, 0.2) is 0 Å². The highest BCUT2D eigenvalue weighted by Gasteiger charge is 2.12. The largest absolute Gasteiger partial charge is 0.423 e. The number of aryl methyl sites for hydroxylation is 1. The van der Waals surface area contributed by atoms with Gasteiger partial charge in [-0.05, 0) is 73.2 Å². The van der Waals surface area contributed by atoms with Gasteiger partial charge in [-0.1, -0.05) is 33.6 Å². The van der Waals surface area contributed by atoms with Crippen LogP contribution in [-0.4, -0.2) is 24.0 Å². The van der Waals surface area contributed by atoms with E-state index >= 15 is 0 Å². The van der Waals surface area contributed by atoms with Crippen molar-refractivity contribution in [1.82, 2.24) is 5.43 Å². The number of hydrazone groups is 1. The van der Waals surface area contributed by atoms with Gasteiger partial charge in [0.25, 0.3) is 0 Å². The molecule has 3 aromatic rings. The lowest BCUT2D eigenvalue weighted by Gasteiger charge is -2.05. The summed E-state index contributed by atoms with van der Waals surface area (Å²) in [7, 11) is 0. The number of carbonyl (C=O) groups excluding carboxylic acids is 3. The molecule has 0 atom stereocenters. The van der Waals surface area contributed by atoms with E-state index in [1.165, 1.54) is 6.21 Å². The molecule has 3 rings (SSSR count). The fraction of sp³-hybridized carbons (Fsp3) is 0.0435. The summed E-state index contributed by atoms with van der Waals surface area (Å²) in [6.45, 7) is 1.90. The van der Waals surface area contributed by atoms with Crippen LogP contribution >= 0.6 is 15.9 Å². The van der Waals surface area contributed by atoms with Crippen LogP contribution in [-0.2, 0) is 9.59 Å². The zero-order valence-corrected chi connectivity index (χ0v) is 18.0. The van der Waals surface area contributed by atoms with Gasteiger partial charge in [-0.3, -0.25) is 9.59 Å². The van der Waals surface area contributed by atoms with Gasteiger partial charge >= 0.3 is 17.8 Å². The number of hydrogen-bond acceptors (Lipinski definition) is 5. The number of hydrogen-bond donors (Lipinski definition) is 2. The summed E-state index contributed by atoms with van der Waals surface area (Å²) in [4.78, 5) is 35.9. The highest BCUT2D eigenvalue weighted by molar-refractivity contribution is 9.10. The van der Waals surface area contributed by atoms with Crippen LogP contribution in [0.1, 0.15) is 21.5 Å². The Morgan fingerprint density at radius 2 is 1.65 bits per heavy atom. The van der Waals surface area contributed by atoms with Crippen molar-refractivity contribution in [2.75, 3.05) is 5.32 Å². The maximum absolute atomic E-state index is 12.2. The zero-order valence-electron chi connectivity index (χ0n) is 16.5. The number of benzene rings is 3. The molecule has 0 spiro atoms. The second kappa shape index (κ2) is 10.3. The number of halogens is 1. The maximum atomic E-state index is 12.2. The minimum atomic E-state index is -0.900. The second-order valence-corrected chi connectivity index (χ2v) is 7.40. The van der Waals surface area contributed by atoms with Crippen LogP contribution in [0.15, 0.2) is 82.4 Å². The number of esters is 1. The Balaban J connectivity index is 1.50. The minimum Gasteiger partial charge on any atom is -0.423 e. The topological polar surface area (TPSA) is 96.9 Å². The number of amides is 2. The predicted octanol–water partition coefficient (Wildman–Crippen LogP) is 4.07. The van der Waals surface area contributed by atoms with Crippen LogP contribution in [0.25, 0.3) is 0 Å². The van der Waals surface area contributed by atoms with Gasteiger partial charge < -0.3 is 10.1 Å². The molecule has 0 fully saturated rings. The van der Waals surface area contributed by atoms with Crippen LogP contribution in [0.4, 0.5) is 5.69 Å². The Morgan fingerprint density at radius 3 is 2.32 bits per heavy atom. The summed E-state index contributed by atoms with van der Waals surface area (Å²) < 4.78 is 6.20. The summed E-state index contributed by atoms with van der Waals surface area (Å²) in [6.07, 6.45) is 1.37. The molecule has 0 aliphatic heterocycles. The van der Waals surface area contributed by atoms with E-state index in [0.29, 0.717) is 22.6 Å². The van der Waals surface area contributed by atoms with Crippen LogP contribution in [0.5, 0.6) is 5.75 Å². The first-order chi connectivity index (χ1) is 14.9. The Labute approximate surface area is 187 Å². The molecule has 0 aromatic heterocycles. The maximum Gasteiger partial charge on any atom is 0.343 e. The number of anilines is 1. The molecular formula is C23H18BrN3O4. The van der Waals surface area contributed by atoms with Crippen molar-refractivity contribution in [3.05, 3.63) is 94.0 Å². The molecule has 0 saturated heterocycles. The molecule has 2 N–H and O–H groups in total. The second-order valence-electron chi connectivity index (χ2n) is 6.49. The van der Waals surface area contributed by atoms with Gasteiger partial charge in [0.2, 0.25) is 0 Å². The van der Waals surface area contributed by atoms with Crippen molar-refractivity contribution in [3.8, 4) is 5.75 Å². The molecule has 0 aliphatic carbocycles. The van der Waals surface area contributed by atoms with Crippen LogP contribution < -0.4 is 15.5 Å². The SMILES string of the molecule is Cc1cccc(C(=O)Oc2ccc(/C=N\NC(=O)C(=O)Nc3ccc(Br)cc3)cc2)c1. The molecular weight excluding hydrogens is 462 g/mol. The van der Waals surface area contributed by atoms with E-state index in [-0.39, 0.29) is 0 Å². The molecule has 0 unspecified atom stereocenters. The average Bonchev–Trinajstić information content (AvgIpc) is 2.76. The third-order valence-electron chi connectivity index (χ3n) is 4.03. The highest BCUT2D eigenvalue weighted by atomic mass is 79.9. The lowest BCUT2D eigenvalue weighted by Crippen LogP contribution is -2.32. The lowest BCUT2D eigenvalue weighted by atomic mass is 10.1. The molecule has 0 aliphatic rings. The molecule has 3 aromatic carbocycles. The number of rotatable bonds is 5. The van der Waals surface area contributed by atoms with Crippen molar-refractivity contribution in [3.63, 3.8) is 0 Å². The fourth-order valence-electron chi connectivity index (χ4n) is 2.50. The molecule has 7 nitrogen and oxygen atoms in total. The van der Waals surface area contributed by atoms with E-state index < -0.39 is 17.8 Å². The first kappa shape index (κ1) is 21.9. The van der Waals surface area contributed by atoms with Gasteiger partial charge in [0.1, 0.15) is 5.75 Å². The molecule has 8 heteroatoms. The number of ether oxygens (including phenoxy) is 1. The van der Waals surface area contributed by atoms with Gasteiger partial charge in [0.05, 0.1) is 11.8 Å². The average molecular weight is 480 g/mol. The van der Waals surface area contributed by atoms with Gasteiger partial charge in [-0.25, -0.2) is 10.2 Å². The van der Waals surface area contributed by atoms with Crippen molar-refractivity contribution in [2.24, 2.45) is 5.10 Å². The minimum absolute atomic E-state index is 0.376. The Bertz CT molecular complexity index is 1130. The third-order valence-corrected chi connectivity index (χ3v) is 4.56. The van der Waals surface area contributed by atoms with E-state index in [4.69, 9.17) is 4.74 Å². The number of nitrogens with one attached hydrogen (secondary N) is 2. The first-order valence-electron chi connectivity index (χ1n) is 9.19. The summed E-state index contributed by atoms with van der Waals surface area (Å²) >= 11 is 3.29. The Morgan fingerprint density at radius 1 is 0.935 bits per heavy atom. The summed E-state index contributed by atoms with van der Waals surface area (Å²) in [5.74, 6) is -1.81. The number of nitrogens with zero attached hydrogens (tertiary/aromatic N) is 1. The fourth-order valence-corrected chi connectivity index (χ4v) is 2.76. The van der Waals surface area contributed by atoms with E-state index in [1.807, 2.05) is 13.0 Å². The van der Waals surface area contributed by atoms with E-state index in [0.717, 1.165) is 10.0 Å². The van der Waals surface area contributed by atoms with Gasteiger partial charge in [0, 0.05) is 10.2 Å². The molecule has 31 heavy (non-hydrogen) atoms.